The number of halogens is 2. The molecule has 0 aliphatic heterocycles. The molecule has 8 nitrogen and oxygen atoms in total. The summed E-state index contributed by atoms with van der Waals surface area (Å²) in [6, 6.07) is 1.45. The molecule has 1 amide bonds. The maximum Gasteiger partial charge on any atom is 0.295 e. The third-order valence-electron chi connectivity index (χ3n) is 2.43. The Bertz CT molecular complexity index is 723. The number of nitrogen functional groups attached to an aromatic ring is 1. The predicted molar refractivity (Wildman–Crippen MR) is 75.2 cm³/mol. The number of nitrogens with zero attached hydrogens (tertiary/aromatic N) is 3. The number of nitro groups is 1. The molecular formula is C11H7BrFN5O3. The SMILES string of the molecule is Nc1c(C(=O)Nc2cnc(Br)cn2)cc(F)cc1[N+](=O)[O-]. The van der Waals surface area contributed by atoms with Gasteiger partial charge >= 0.3 is 0 Å². The van der Waals surface area contributed by atoms with Gasteiger partial charge in [0.2, 0.25) is 0 Å². The molecule has 10 heteroatoms. The summed E-state index contributed by atoms with van der Waals surface area (Å²) in [6.45, 7) is 0. The first-order valence-electron chi connectivity index (χ1n) is 5.41. The molecule has 21 heavy (non-hydrogen) atoms. The Kier molecular flexibility index (Phi) is 4.08. The first-order valence-corrected chi connectivity index (χ1v) is 6.20. The third kappa shape index (κ3) is 3.28. The first kappa shape index (κ1) is 14.8. The van der Waals surface area contributed by atoms with Gasteiger partial charge in [-0.05, 0) is 22.0 Å². The van der Waals surface area contributed by atoms with E-state index in [1.54, 1.807) is 0 Å². The van der Waals surface area contributed by atoms with Gasteiger partial charge in [0.05, 0.1) is 28.9 Å². The molecule has 0 aliphatic carbocycles. The topological polar surface area (TPSA) is 124 Å². The molecule has 0 unspecified atom stereocenters. The lowest BCUT2D eigenvalue weighted by atomic mass is 10.1. The van der Waals surface area contributed by atoms with Crippen molar-refractivity contribution in [3.05, 3.63) is 50.6 Å². The normalized spacial score (nSPS) is 10.2. The van der Waals surface area contributed by atoms with Crippen LogP contribution in [0.4, 0.5) is 21.6 Å². The van der Waals surface area contributed by atoms with Crippen LogP contribution in [0, 0.1) is 15.9 Å². The lowest BCUT2D eigenvalue weighted by Crippen LogP contribution is -2.16. The fraction of sp³-hybridized carbons (Fsp3) is 0. The Morgan fingerprint density at radius 1 is 1.38 bits per heavy atom. The van der Waals surface area contributed by atoms with Crippen molar-refractivity contribution in [2.75, 3.05) is 11.1 Å². The van der Waals surface area contributed by atoms with E-state index in [-0.39, 0.29) is 11.4 Å². The molecule has 108 valence electrons. The summed E-state index contributed by atoms with van der Waals surface area (Å²) in [6.07, 6.45) is 2.60. The summed E-state index contributed by atoms with van der Waals surface area (Å²) in [5.74, 6) is -1.68. The van der Waals surface area contributed by atoms with Crippen LogP contribution in [0.2, 0.25) is 0 Å². The van der Waals surface area contributed by atoms with E-state index in [9.17, 15) is 19.3 Å². The number of amides is 1. The van der Waals surface area contributed by atoms with Gasteiger partial charge in [-0.25, -0.2) is 14.4 Å². The van der Waals surface area contributed by atoms with Crippen LogP contribution in [0.25, 0.3) is 0 Å². The largest absolute Gasteiger partial charge is 0.393 e. The van der Waals surface area contributed by atoms with Gasteiger partial charge in [0.1, 0.15) is 16.1 Å². The highest BCUT2D eigenvalue weighted by atomic mass is 79.9. The first-order chi connectivity index (χ1) is 9.88. The minimum Gasteiger partial charge on any atom is -0.393 e. The Labute approximate surface area is 125 Å². The summed E-state index contributed by atoms with van der Waals surface area (Å²) in [5.41, 5.74) is 4.06. The third-order valence-corrected chi connectivity index (χ3v) is 2.84. The molecule has 2 aromatic rings. The quantitative estimate of drug-likeness (QED) is 0.493. The molecular weight excluding hydrogens is 349 g/mol. The van der Waals surface area contributed by atoms with Crippen molar-refractivity contribution < 1.29 is 14.1 Å². The van der Waals surface area contributed by atoms with Gasteiger partial charge in [-0.3, -0.25) is 14.9 Å². The zero-order chi connectivity index (χ0) is 15.6. The number of benzene rings is 1. The van der Waals surface area contributed by atoms with Gasteiger partial charge in [0.15, 0.2) is 5.82 Å². The molecule has 0 atom stereocenters. The summed E-state index contributed by atoms with van der Waals surface area (Å²) in [5, 5.41) is 13.1. The maximum atomic E-state index is 13.3. The van der Waals surface area contributed by atoms with Crippen LogP contribution < -0.4 is 11.1 Å². The monoisotopic (exact) mass is 355 g/mol. The molecule has 1 aromatic heterocycles. The minimum absolute atomic E-state index is 0.0921. The van der Waals surface area contributed by atoms with E-state index in [0.29, 0.717) is 10.7 Å². The lowest BCUT2D eigenvalue weighted by molar-refractivity contribution is -0.384. The predicted octanol–water partition coefficient (Wildman–Crippen LogP) is 2.12. The second-order valence-electron chi connectivity index (χ2n) is 3.82. The molecule has 1 aromatic carbocycles. The van der Waals surface area contributed by atoms with Crippen molar-refractivity contribution in [3.63, 3.8) is 0 Å². The van der Waals surface area contributed by atoms with Crippen molar-refractivity contribution in [2.45, 2.75) is 0 Å². The molecule has 0 spiro atoms. The zero-order valence-electron chi connectivity index (χ0n) is 10.2. The number of anilines is 2. The van der Waals surface area contributed by atoms with Crippen LogP contribution in [-0.2, 0) is 0 Å². The molecule has 0 fully saturated rings. The number of carbonyl (C=O) groups is 1. The van der Waals surface area contributed by atoms with Crippen LogP contribution in [0.1, 0.15) is 10.4 Å². The molecule has 0 saturated heterocycles. The number of nitro benzene ring substituents is 1. The van der Waals surface area contributed by atoms with E-state index in [4.69, 9.17) is 5.73 Å². The van der Waals surface area contributed by atoms with E-state index < -0.39 is 28.0 Å². The molecule has 0 bridgehead atoms. The molecule has 1 heterocycles. The molecule has 0 radical (unpaired) electrons. The molecule has 0 saturated carbocycles. The zero-order valence-corrected chi connectivity index (χ0v) is 11.8. The number of aromatic nitrogens is 2. The summed E-state index contributed by atoms with van der Waals surface area (Å²) in [4.78, 5) is 29.5. The van der Waals surface area contributed by atoms with Gasteiger partial charge < -0.3 is 11.1 Å². The highest BCUT2D eigenvalue weighted by Crippen LogP contribution is 2.27. The number of nitrogens with two attached hydrogens (primary N) is 1. The molecule has 0 aliphatic rings. The Morgan fingerprint density at radius 2 is 2.10 bits per heavy atom. The summed E-state index contributed by atoms with van der Waals surface area (Å²) >= 11 is 3.07. The van der Waals surface area contributed by atoms with Crippen LogP contribution >= 0.6 is 15.9 Å². The van der Waals surface area contributed by atoms with Crippen molar-refractivity contribution in [1.29, 1.82) is 0 Å². The van der Waals surface area contributed by atoms with Gasteiger partial charge in [-0.15, -0.1) is 0 Å². The maximum absolute atomic E-state index is 13.3. The number of nitrogens with one attached hydrogen (secondary N) is 1. The smallest absolute Gasteiger partial charge is 0.295 e. The van der Waals surface area contributed by atoms with E-state index in [1.807, 2.05) is 0 Å². The van der Waals surface area contributed by atoms with Gasteiger partial charge in [0.25, 0.3) is 11.6 Å². The van der Waals surface area contributed by atoms with Crippen molar-refractivity contribution in [3.8, 4) is 0 Å². The number of hydrogen-bond donors (Lipinski definition) is 2. The lowest BCUT2D eigenvalue weighted by Gasteiger charge is -2.07. The number of rotatable bonds is 3. The second kappa shape index (κ2) is 5.79. The van der Waals surface area contributed by atoms with Gasteiger partial charge in [-0.2, -0.15) is 0 Å². The van der Waals surface area contributed by atoms with Crippen molar-refractivity contribution in [1.82, 2.24) is 9.97 Å². The van der Waals surface area contributed by atoms with E-state index in [0.717, 1.165) is 6.07 Å². The van der Waals surface area contributed by atoms with E-state index in [1.165, 1.54) is 12.4 Å². The van der Waals surface area contributed by atoms with Crippen LogP contribution in [0.5, 0.6) is 0 Å². The average Bonchev–Trinajstić information content (AvgIpc) is 2.43. The van der Waals surface area contributed by atoms with Gasteiger partial charge in [-0.1, -0.05) is 0 Å². The van der Waals surface area contributed by atoms with Crippen molar-refractivity contribution in [2.24, 2.45) is 0 Å². The Balaban J connectivity index is 2.35. The fourth-order valence-corrected chi connectivity index (χ4v) is 1.71. The Hall–Kier alpha value is -2.62. The minimum atomic E-state index is -0.942. The fourth-order valence-electron chi connectivity index (χ4n) is 1.50. The summed E-state index contributed by atoms with van der Waals surface area (Å²) < 4.78 is 13.8. The highest BCUT2D eigenvalue weighted by molar-refractivity contribution is 9.10. The van der Waals surface area contributed by atoms with Crippen LogP contribution in [0.3, 0.4) is 0 Å². The number of carbonyl (C=O) groups excluding carboxylic acids is 1. The van der Waals surface area contributed by atoms with Crippen molar-refractivity contribution >= 4 is 39.0 Å². The van der Waals surface area contributed by atoms with E-state index in [2.05, 4.69) is 31.2 Å². The van der Waals surface area contributed by atoms with E-state index >= 15 is 0 Å². The molecule has 3 N–H and O–H groups in total. The van der Waals surface area contributed by atoms with Gasteiger partial charge in [0, 0.05) is 0 Å². The standard InChI is InChI=1S/C11H7BrFN5O3/c12-8-3-16-9(4-15-8)17-11(19)6-1-5(13)2-7(10(6)14)18(20)21/h1-4H,14H2,(H,16,17,19). The average molecular weight is 356 g/mol. The van der Waals surface area contributed by atoms with Crippen LogP contribution in [0.15, 0.2) is 29.1 Å². The summed E-state index contributed by atoms with van der Waals surface area (Å²) in [7, 11) is 0. The van der Waals surface area contributed by atoms with Crippen LogP contribution in [-0.4, -0.2) is 20.8 Å². The Morgan fingerprint density at radius 3 is 2.67 bits per heavy atom. The number of hydrogen-bond acceptors (Lipinski definition) is 6. The highest BCUT2D eigenvalue weighted by Gasteiger charge is 2.22. The second-order valence-corrected chi connectivity index (χ2v) is 4.63. The molecule has 2 rings (SSSR count).